The molecule has 1 aromatic carbocycles. The molecular weight excluding hydrogens is 456 g/mol. The Balaban J connectivity index is 1.58. The maximum absolute atomic E-state index is 13.8. The number of benzene rings is 1. The number of hydrogen-bond donors (Lipinski definition) is 1. The molecule has 0 bridgehead atoms. The fourth-order valence-corrected chi connectivity index (χ4v) is 5.64. The standard InChI is InChI=1S/C19H22F4N4O4S/c1-26-9-18(24-11-26)32(28,29)27-7-14(12-4-5-30-10-12)16(8-27)25-13-2-3-15(20)17(6-13)31-19(21,22)23/h2-3,6,9,11-12,14,16,25H,4-5,7-8,10H2,1H3/t12?,14-,16+/m1/s1. The molecule has 0 amide bonds. The van der Waals surface area contributed by atoms with Gasteiger partial charge in [-0.05, 0) is 30.4 Å². The molecule has 0 spiro atoms. The molecule has 3 atom stereocenters. The van der Waals surface area contributed by atoms with Crippen LogP contribution in [0.3, 0.4) is 0 Å². The van der Waals surface area contributed by atoms with Crippen molar-refractivity contribution in [1.82, 2.24) is 13.9 Å². The van der Waals surface area contributed by atoms with Crippen LogP contribution in [-0.2, 0) is 21.8 Å². The Morgan fingerprint density at radius 1 is 1.28 bits per heavy atom. The van der Waals surface area contributed by atoms with Gasteiger partial charge in [0.05, 0.1) is 6.33 Å². The lowest BCUT2D eigenvalue weighted by Gasteiger charge is -2.25. The molecule has 0 radical (unpaired) electrons. The quantitative estimate of drug-likeness (QED) is 0.643. The zero-order valence-corrected chi connectivity index (χ0v) is 17.9. The zero-order valence-electron chi connectivity index (χ0n) is 17.0. The number of sulfonamides is 1. The SMILES string of the molecule is Cn1cnc(S(=O)(=O)N2C[C@H](Nc3ccc(F)c(OC(F)(F)F)c3)[C@@H](C3CCOC3)C2)c1. The molecule has 2 aliphatic heterocycles. The normalized spacial score (nSPS) is 24.7. The monoisotopic (exact) mass is 478 g/mol. The second-order valence-electron chi connectivity index (χ2n) is 7.93. The fourth-order valence-electron chi connectivity index (χ4n) is 4.17. The zero-order chi connectivity index (χ0) is 23.1. The summed E-state index contributed by atoms with van der Waals surface area (Å²) in [4.78, 5) is 3.94. The summed E-state index contributed by atoms with van der Waals surface area (Å²) in [5.41, 5.74) is 0.191. The topological polar surface area (TPSA) is 85.7 Å². The van der Waals surface area contributed by atoms with E-state index in [4.69, 9.17) is 4.74 Å². The first-order chi connectivity index (χ1) is 15.0. The lowest BCUT2D eigenvalue weighted by molar-refractivity contribution is -0.275. The molecule has 32 heavy (non-hydrogen) atoms. The molecule has 8 nitrogen and oxygen atoms in total. The van der Waals surface area contributed by atoms with Gasteiger partial charge in [0.25, 0.3) is 10.0 Å². The summed E-state index contributed by atoms with van der Waals surface area (Å²) in [5, 5.41) is 3.00. The van der Waals surface area contributed by atoms with E-state index < -0.39 is 34.0 Å². The highest BCUT2D eigenvalue weighted by atomic mass is 32.2. The molecular formula is C19H22F4N4O4S. The number of rotatable bonds is 6. The van der Waals surface area contributed by atoms with Gasteiger partial charge in [-0.2, -0.15) is 4.31 Å². The Morgan fingerprint density at radius 3 is 2.69 bits per heavy atom. The van der Waals surface area contributed by atoms with Crippen LogP contribution in [0.4, 0.5) is 23.2 Å². The van der Waals surface area contributed by atoms with Crippen molar-refractivity contribution in [2.24, 2.45) is 18.9 Å². The Hall–Kier alpha value is -2.38. The van der Waals surface area contributed by atoms with Crippen LogP contribution in [-0.4, -0.2) is 61.0 Å². The van der Waals surface area contributed by atoms with Gasteiger partial charge >= 0.3 is 6.36 Å². The van der Waals surface area contributed by atoms with E-state index in [1.807, 2.05) is 0 Å². The van der Waals surface area contributed by atoms with Gasteiger partial charge in [0.2, 0.25) is 0 Å². The molecule has 1 unspecified atom stereocenters. The first kappa shape index (κ1) is 22.8. The molecule has 3 heterocycles. The molecule has 0 saturated carbocycles. The average Bonchev–Trinajstić information content (AvgIpc) is 3.44. The van der Waals surface area contributed by atoms with E-state index in [1.54, 1.807) is 7.05 Å². The molecule has 4 rings (SSSR count). The van der Waals surface area contributed by atoms with Crippen molar-refractivity contribution < 1.29 is 35.5 Å². The van der Waals surface area contributed by atoms with Gasteiger partial charge in [0.15, 0.2) is 16.6 Å². The second kappa shape index (κ2) is 8.52. The van der Waals surface area contributed by atoms with Crippen LogP contribution in [0.15, 0.2) is 35.7 Å². The van der Waals surface area contributed by atoms with Crippen molar-refractivity contribution in [2.45, 2.75) is 23.9 Å². The third-order valence-electron chi connectivity index (χ3n) is 5.70. The van der Waals surface area contributed by atoms with Gasteiger partial charge in [-0.15, -0.1) is 13.2 Å². The average molecular weight is 478 g/mol. The van der Waals surface area contributed by atoms with E-state index in [0.29, 0.717) is 13.2 Å². The predicted molar refractivity (Wildman–Crippen MR) is 105 cm³/mol. The Bertz CT molecular complexity index is 1070. The Morgan fingerprint density at radius 2 is 2.06 bits per heavy atom. The number of hydrogen-bond acceptors (Lipinski definition) is 6. The maximum Gasteiger partial charge on any atom is 0.573 e. The van der Waals surface area contributed by atoms with E-state index in [-0.39, 0.29) is 35.6 Å². The number of halogens is 4. The Kier molecular flexibility index (Phi) is 6.07. The van der Waals surface area contributed by atoms with Crippen LogP contribution in [0.2, 0.25) is 0 Å². The number of ether oxygens (including phenoxy) is 2. The Labute approximate surface area is 182 Å². The largest absolute Gasteiger partial charge is 0.573 e. The molecule has 0 aliphatic carbocycles. The molecule has 176 valence electrons. The summed E-state index contributed by atoms with van der Waals surface area (Å²) in [6.07, 6.45) is -1.50. The van der Waals surface area contributed by atoms with Gasteiger partial charge < -0.3 is 19.4 Å². The highest BCUT2D eigenvalue weighted by Gasteiger charge is 2.44. The van der Waals surface area contributed by atoms with Gasteiger partial charge in [-0.1, -0.05) is 0 Å². The van der Waals surface area contributed by atoms with Gasteiger partial charge in [0, 0.05) is 57.3 Å². The van der Waals surface area contributed by atoms with E-state index in [0.717, 1.165) is 18.6 Å². The summed E-state index contributed by atoms with van der Waals surface area (Å²) in [5.74, 6) is -2.20. The highest BCUT2D eigenvalue weighted by molar-refractivity contribution is 7.89. The molecule has 2 aliphatic rings. The number of imidazole rings is 1. The van der Waals surface area contributed by atoms with Crippen molar-refractivity contribution in [3.8, 4) is 5.75 Å². The second-order valence-corrected chi connectivity index (χ2v) is 9.82. The molecule has 13 heteroatoms. The van der Waals surface area contributed by atoms with Crippen LogP contribution in [0.1, 0.15) is 6.42 Å². The van der Waals surface area contributed by atoms with E-state index in [2.05, 4.69) is 15.0 Å². The van der Waals surface area contributed by atoms with Crippen molar-refractivity contribution in [3.05, 3.63) is 36.5 Å². The minimum absolute atomic E-state index is 0.0720. The highest BCUT2D eigenvalue weighted by Crippen LogP contribution is 2.36. The molecule has 1 N–H and O–H groups in total. The minimum atomic E-state index is -5.04. The molecule has 1 aromatic heterocycles. The first-order valence-electron chi connectivity index (χ1n) is 9.90. The van der Waals surface area contributed by atoms with Crippen LogP contribution >= 0.6 is 0 Å². The molecule has 2 fully saturated rings. The fraction of sp³-hybridized carbons (Fsp3) is 0.526. The summed E-state index contributed by atoms with van der Waals surface area (Å²) in [7, 11) is -2.20. The van der Waals surface area contributed by atoms with Crippen LogP contribution in [0.25, 0.3) is 0 Å². The summed E-state index contributed by atoms with van der Waals surface area (Å²) >= 11 is 0. The first-order valence-corrected chi connectivity index (χ1v) is 11.3. The van der Waals surface area contributed by atoms with Crippen molar-refractivity contribution >= 4 is 15.7 Å². The van der Waals surface area contributed by atoms with Crippen LogP contribution in [0.5, 0.6) is 5.75 Å². The van der Waals surface area contributed by atoms with Crippen molar-refractivity contribution in [3.63, 3.8) is 0 Å². The summed E-state index contributed by atoms with van der Waals surface area (Å²) in [6.45, 7) is 1.30. The number of aryl methyl sites for hydroxylation is 1. The summed E-state index contributed by atoms with van der Waals surface area (Å²) in [6, 6.07) is 2.65. The predicted octanol–water partition coefficient (Wildman–Crippen LogP) is 2.60. The number of alkyl halides is 3. The van der Waals surface area contributed by atoms with Gasteiger partial charge in [-0.3, -0.25) is 0 Å². The van der Waals surface area contributed by atoms with Crippen LogP contribution < -0.4 is 10.1 Å². The van der Waals surface area contributed by atoms with Gasteiger partial charge in [-0.25, -0.2) is 17.8 Å². The smallest absolute Gasteiger partial charge is 0.403 e. The number of nitrogens with one attached hydrogen (secondary N) is 1. The van der Waals surface area contributed by atoms with Crippen molar-refractivity contribution in [1.29, 1.82) is 0 Å². The lowest BCUT2D eigenvalue weighted by atomic mass is 9.87. The number of anilines is 1. The number of aromatic nitrogens is 2. The lowest BCUT2D eigenvalue weighted by Crippen LogP contribution is -2.33. The molecule has 2 aromatic rings. The third-order valence-corrected chi connectivity index (χ3v) is 7.41. The minimum Gasteiger partial charge on any atom is -0.403 e. The van der Waals surface area contributed by atoms with Gasteiger partial charge in [0.1, 0.15) is 0 Å². The van der Waals surface area contributed by atoms with E-state index >= 15 is 0 Å². The van der Waals surface area contributed by atoms with Crippen LogP contribution in [0, 0.1) is 17.7 Å². The maximum atomic E-state index is 13.8. The summed E-state index contributed by atoms with van der Waals surface area (Å²) < 4.78 is 89.6. The van der Waals surface area contributed by atoms with E-state index in [1.165, 1.54) is 27.5 Å². The molecule has 2 saturated heterocycles. The third kappa shape index (κ3) is 4.84. The van der Waals surface area contributed by atoms with E-state index in [9.17, 15) is 26.0 Å². The van der Waals surface area contributed by atoms with Crippen molar-refractivity contribution in [2.75, 3.05) is 31.6 Å². The number of nitrogens with zero attached hydrogens (tertiary/aromatic N) is 3.